The monoisotopic (exact) mass is 303 g/mol. The van der Waals surface area contributed by atoms with E-state index in [1.165, 1.54) is 0 Å². The zero-order valence-corrected chi connectivity index (χ0v) is 12.9. The Labute approximate surface area is 134 Å². The van der Waals surface area contributed by atoms with Crippen molar-refractivity contribution in [1.82, 2.24) is 9.78 Å². The molecule has 4 nitrogen and oxygen atoms in total. The molecule has 0 radical (unpaired) electrons. The van der Waals surface area contributed by atoms with E-state index in [0.29, 0.717) is 11.8 Å². The summed E-state index contributed by atoms with van der Waals surface area (Å²) >= 11 is 0. The maximum absolute atomic E-state index is 12.0. The van der Waals surface area contributed by atoms with Gasteiger partial charge in [0, 0.05) is 6.20 Å². The fourth-order valence-corrected chi connectivity index (χ4v) is 2.33. The van der Waals surface area contributed by atoms with E-state index in [0.717, 1.165) is 16.8 Å². The van der Waals surface area contributed by atoms with Crippen LogP contribution in [-0.4, -0.2) is 15.7 Å². The molecule has 3 rings (SSSR count). The molecule has 114 valence electrons. The van der Waals surface area contributed by atoms with Crippen molar-refractivity contribution in [2.75, 3.05) is 0 Å². The van der Waals surface area contributed by atoms with E-state index in [-0.39, 0.29) is 5.91 Å². The van der Waals surface area contributed by atoms with E-state index in [4.69, 9.17) is 0 Å². The zero-order chi connectivity index (χ0) is 16.1. The minimum Gasteiger partial charge on any atom is -0.272 e. The molecule has 0 spiro atoms. The lowest BCUT2D eigenvalue weighted by molar-refractivity contribution is -0.117. The Hall–Kier alpha value is -3.01. The van der Waals surface area contributed by atoms with E-state index in [2.05, 4.69) is 10.1 Å². The van der Waals surface area contributed by atoms with Gasteiger partial charge in [-0.05, 0) is 30.7 Å². The molecule has 0 saturated heterocycles. The third-order valence-corrected chi connectivity index (χ3v) is 3.41. The van der Waals surface area contributed by atoms with Gasteiger partial charge in [0.2, 0.25) is 0 Å². The minimum absolute atomic E-state index is 0.171. The van der Waals surface area contributed by atoms with Gasteiger partial charge in [0.15, 0.2) is 0 Å². The molecular weight excluding hydrogens is 286 g/mol. The molecule has 2 aromatic carbocycles. The average Bonchev–Trinajstić information content (AvgIpc) is 2.56. The highest BCUT2D eigenvalue weighted by Crippen LogP contribution is 2.05. The van der Waals surface area contributed by atoms with Crippen molar-refractivity contribution in [3.05, 3.63) is 89.5 Å². The molecule has 1 amide bonds. The molecule has 1 heterocycles. The molecule has 0 fully saturated rings. The molecule has 0 aliphatic carbocycles. The van der Waals surface area contributed by atoms with Crippen LogP contribution < -0.4 is 5.36 Å². The number of nitrogens with zero attached hydrogens (tertiary/aromatic N) is 3. The first-order valence-electron chi connectivity index (χ1n) is 7.44. The second-order valence-electron chi connectivity index (χ2n) is 5.34. The Kier molecular flexibility index (Phi) is 4.43. The number of aromatic nitrogens is 2. The maximum atomic E-state index is 12.0. The van der Waals surface area contributed by atoms with Gasteiger partial charge in [-0.3, -0.25) is 4.79 Å². The summed E-state index contributed by atoms with van der Waals surface area (Å²) in [6.07, 6.45) is 3.70. The Balaban J connectivity index is 1.76. The number of carbonyl (C=O) groups is 1. The molecule has 1 aromatic heterocycles. The maximum Gasteiger partial charge on any atom is 0.250 e. The molecule has 4 heteroatoms. The van der Waals surface area contributed by atoms with Crippen LogP contribution in [0.25, 0.3) is 5.69 Å². The summed E-state index contributed by atoms with van der Waals surface area (Å²) in [5.41, 5.74) is 3.08. The minimum atomic E-state index is -0.171. The highest BCUT2D eigenvalue weighted by atomic mass is 16.1. The number of aryl methyl sites for hydroxylation is 1. The molecule has 0 N–H and O–H groups in total. The summed E-state index contributed by atoms with van der Waals surface area (Å²) in [6, 6.07) is 19.5. The molecule has 0 saturated carbocycles. The van der Waals surface area contributed by atoms with Crippen LogP contribution in [0.3, 0.4) is 0 Å². The third kappa shape index (κ3) is 4.01. The van der Waals surface area contributed by atoms with Gasteiger partial charge in [0.05, 0.1) is 23.7 Å². The number of para-hydroxylation sites is 1. The van der Waals surface area contributed by atoms with Crippen molar-refractivity contribution >= 4 is 5.91 Å². The van der Waals surface area contributed by atoms with E-state index >= 15 is 0 Å². The number of rotatable bonds is 3. The van der Waals surface area contributed by atoms with Crippen molar-refractivity contribution in [2.24, 2.45) is 4.99 Å². The van der Waals surface area contributed by atoms with E-state index in [9.17, 15) is 4.79 Å². The quantitative estimate of drug-likeness (QED) is 0.747. The van der Waals surface area contributed by atoms with Gasteiger partial charge < -0.3 is 0 Å². The van der Waals surface area contributed by atoms with Gasteiger partial charge in [-0.15, -0.1) is 0 Å². The molecular formula is C19H17N3O. The lowest BCUT2D eigenvalue weighted by Gasteiger charge is -2.03. The summed E-state index contributed by atoms with van der Waals surface area (Å²) < 4.78 is 1.74. The summed E-state index contributed by atoms with van der Waals surface area (Å²) in [5, 5.41) is 4.86. The van der Waals surface area contributed by atoms with Crippen LogP contribution in [0.1, 0.15) is 11.1 Å². The Morgan fingerprint density at radius 3 is 2.61 bits per heavy atom. The topological polar surface area (TPSA) is 47.2 Å². The van der Waals surface area contributed by atoms with E-state index in [1.54, 1.807) is 23.1 Å². The van der Waals surface area contributed by atoms with E-state index < -0.39 is 0 Å². The van der Waals surface area contributed by atoms with Crippen LogP contribution in [0, 0.1) is 6.92 Å². The first-order valence-corrected chi connectivity index (χ1v) is 7.44. The second-order valence-corrected chi connectivity index (χ2v) is 5.34. The molecule has 0 atom stereocenters. The van der Waals surface area contributed by atoms with Crippen LogP contribution in [0.15, 0.2) is 78.0 Å². The lowest BCUT2D eigenvalue weighted by atomic mass is 10.1. The van der Waals surface area contributed by atoms with Crippen LogP contribution in [0.4, 0.5) is 0 Å². The molecule has 23 heavy (non-hydrogen) atoms. The van der Waals surface area contributed by atoms with Crippen LogP contribution in [0.2, 0.25) is 0 Å². The number of amides is 1. The molecule has 3 aromatic rings. The van der Waals surface area contributed by atoms with Crippen molar-refractivity contribution < 1.29 is 4.79 Å². The largest absolute Gasteiger partial charge is 0.272 e. The van der Waals surface area contributed by atoms with Gasteiger partial charge in [-0.1, -0.05) is 48.0 Å². The number of benzene rings is 2. The third-order valence-electron chi connectivity index (χ3n) is 3.41. The zero-order valence-electron chi connectivity index (χ0n) is 12.9. The first-order chi connectivity index (χ1) is 11.2. The Morgan fingerprint density at radius 2 is 1.91 bits per heavy atom. The Morgan fingerprint density at radius 1 is 1.09 bits per heavy atom. The highest BCUT2D eigenvalue weighted by molar-refractivity contribution is 5.79. The predicted octanol–water partition coefficient (Wildman–Crippen LogP) is 2.85. The SMILES string of the molecule is Cc1cccc(CC(=O)N=c2ccn(-c3ccccc3)nc2)c1. The number of hydrogen-bond donors (Lipinski definition) is 0. The van der Waals surface area contributed by atoms with Gasteiger partial charge in [0.25, 0.3) is 5.91 Å². The van der Waals surface area contributed by atoms with Gasteiger partial charge in [-0.25, -0.2) is 9.67 Å². The molecule has 0 aliphatic rings. The van der Waals surface area contributed by atoms with Crippen LogP contribution >= 0.6 is 0 Å². The average molecular weight is 303 g/mol. The van der Waals surface area contributed by atoms with Crippen molar-refractivity contribution in [3.8, 4) is 5.69 Å². The smallest absolute Gasteiger partial charge is 0.250 e. The van der Waals surface area contributed by atoms with Crippen molar-refractivity contribution in [3.63, 3.8) is 0 Å². The molecule has 0 bridgehead atoms. The number of hydrogen-bond acceptors (Lipinski definition) is 2. The normalized spacial score (nSPS) is 11.4. The molecule has 0 aliphatic heterocycles. The summed E-state index contributed by atoms with van der Waals surface area (Å²) in [5.74, 6) is -0.171. The summed E-state index contributed by atoms with van der Waals surface area (Å²) in [7, 11) is 0. The summed E-state index contributed by atoms with van der Waals surface area (Å²) in [6.45, 7) is 2.01. The second kappa shape index (κ2) is 6.83. The summed E-state index contributed by atoms with van der Waals surface area (Å²) in [4.78, 5) is 16.2. The van der Waals surface area contributed by atoms with Gasteiger partial charge in [0.1, 0.15) is 0 Å². The predicted molar refractivity (Wildman–Crippen MR) is 89.0 cm³/mol. The van der Waals surface area contributed by atoms with E-state index in [1.807, 2.05) is 61.5 Å². The highest BCUT2D eigenvalue weighted by Gasteiger charge is 2.02. The van der Waals surface area contributed by atoms with Crippen LogP contribution in [0.5, 0.6) is 0 Å². The number of carbonyl (C=O) groups excluding carboxylic acids is 1. The van der Waals surface area contributed by atoms with Crippen LogP contribution in [-0.2, 0) is 11.2 Å². The fraction of sp³-hybridized carbons (Fsp3) is 0.105. The van der Waals surface area contributed by atoms with Crippen molar-refractivity contribution in [2.45, 2.75) is 13.3 Å². The van der Waals surface area contributed by atoms with Gasteiger partial charge in [-0.2, -0.15) is 5.10 Å². The first kappa shape index (κ1) is 14.9. The molecule has 0 unspecified atom stereocenters. The Bertz CT molecular complexity index is 862. The van der Waals surface area contributed by atoms with Crippen molar-refractivity contribution in [1.29, 1.82) is 0 Å². The lowest BCUT2D eigenvalue weighted by Crippen LogP contribution is -2.12. The standard InChI is InChI=1S/C19H17N3O/c1-15-6-5-7-16(12-15)13-19(23)21-17-10-11-22(20-14-17)18-8-3-2-4-9-18/h2-12,14H,13H2,1H3. The fourth-order valence-electron chi connectivity index (χ4n) is 2.33. The van der Waals surface area contributed by atoms with Gasteiger partial charge >= 0.3 is 0 Å².